The third kappa shape index (κ3) is 9.43. The number of nitriles is 1. The lowest BCUT2D eigenvalue weighted by Gasteiger charge is -2.37. The van der Waals surface area contributed by atoms with Crippen LogP contribution in [0.2, 0.25) is 0 Å². The fourth-order valence-corrected chi connectivity index (χ4v) is 5.33. The molecular formula is C25H37N5O4S. The Morgan fingerprint density at radius 1 is 0.886 bits per heavy atom. The summed E-state index contributed by atoms with van der Waals surface area (Å²) in [5.41, 5.74) is 1.08. The maximum atomic E-state index is 12.3. The van der Waals surface area contributed by atoms with Crippen molar-refractivity contribution < 1.29 is 19.8 Å². The molecule has 0 amide bonds. The molecule has 2 N–H and O–H groups in total. The van der Waals surface area contributed by atoms with Crippen molar-refractivity contribution in [3.05, 3.63) is 29.8 Å². The molecule has 2 bridgehead atoms. The normalized spacial score (nSPS) is 23.7. The number of nitrogens with zero attached hydrogens (tertiary/aromatic N) is 5. The Morgan fingerprint density at radius 3 is 2.14 bits per heavy atom. The van der Waals surface area contributed by atoms with Gasteiger partial charge in [-0.15, -0.1) is 0 Å². The number of benzene rings is 1. The minimum atomic E-state index is -0.779. The van der Waals surface area contributed by atoms with Gasteiger partial charge >= 0.3 is 11.9 Å². The van der Waals surface area contributed by atoms with Crippen LogP contribution in [-0.4, -0.2) is 120 Å². The molecule has 2 heterocycles. The molecule has 1 aromatic carbocycles. The first-order valence-electron chi connectivity index (χ1n) is 12.4. The predicted octanol–water partition coefficient (Wildman–Crippen LogP) is 1.75. The van der Waals surface area contributed by atoms with Gasteiger partial charge in [-0.05, 0) is 68.2 Å². The second-order valence-electron chi connectivity index (χ2n) is 9.33. The molecule has 3 rings (SSSR count). The maximum Gasteiger partial charge on any atom is 0.320 e. The lowest BCUT2D eigenvalue weighted by atomic mass is 10.0. The Balaban J connectivity index is 1.62. The summed E-state index contributed by atoms with van der Waals surface area (Å²) >= 11 is 1.12. The number of carboxylic acids is 2. The van der Waals surface area contributed by atoms with Gasteiger partial charge in [0.05, 0.1) is 6.54 Å². The zero-order valence-electron chi connectivity index (χ0n) is 20.3. The number of aliphatic carboxylic acids is 2. The Morgan fingerprint density at radius 2 is 1.51 bits per heavy atom. The quantitative estimate of drug-likeness (QED) is 0.402. The summed E-state index contributed by atoms with van der Waals surface area (Å²) < 4.78 is 0. The first-order chi connectivity index (χ1) is 16.9. The van der Waals surface area contributed by atoms with Crippen LogP contribution in [0.25, 0.3) is 0 Å². The van der Waals surface area contributed by atoms with E-state index in [0.717, 1.165) is 94.0 Å². The monoisotopic (exact) mass is 503 g/mol. The molecule has 2 saturated heterocycles. The number of hydrogen-bond acceptors (Lipinski definition) is 8. The van der Waals surface area contributed by atoms with Crippen LogP contribution in [0.5, 0.6) is 0 Å². The number of hydrogen-bond donors (Lipinski definition) is 2. The zero-order chi connectivity index (χ0) is 25.0. The maximum absolute atomic E-state index is 12.3. The van der Waals surface area contributed by atoms with Crippen molar-refractivity contribution in [3.8, 4) is 5.40 Å². The predicted molar refractivity (Wildman–Crippen MR) is 135 cm³/mol. The first kappa shape index (κ1) is 27.4. The van der Waals surface area contributed by atoms with Crippen LogP contribution < -0.4 is 0 Å². The summed E-state index contributed by atoms with van der Waals surface area (Å²) in [7, 11) is 0. The highest BCUT2D eigenvalue weighted by molar-refractivity contribution is 8.03. The number of carboxylic acid groups (broad SMARTS) is 2. The fraction of sp³-hybridized carbons (Fsp3) is 0.640. The Labute approximate surface area is 212 Å². The number of fused-ring (bicyclic) bond motifs is 3. The average Bonchev–Trinajstić information content (AvgIpc) is 2.83. The fourth-order valence-electron chi connectivity index (χ4n) is 4.95. The molecular weight excluding hydrogens is 466 g/mol. The molecule has 10 heteroatoms. The van der Waals surface area contributed by atoms with Gasteiger partial charge in [0.25, 0.3) is 0 Å². The van der Waals surface area contributed by atoms with Crippen molar-refractivity contribution in [2.24, 2.45) is 0 Å². The molecule has 0 spiro atoms. The van der Waals surface area contributed by atoms with E-state index in [1.54, 1.807) is 0 Å². The molecule has 2 aliphatic rings. The number of rotatable bonds is 8. The van der Waals surface area contributed by atoms with E-state index in [9.17, 15) is 19.8 Å². The van der Waals surface area contributed by atoms with Crippen molar-refractivity contribution in [1.82, 2.24) is 19.6 Å². The molecule has 2 fully saturated rings. The molecule has 35 heavy (non-hydrogen) atoms. The van der Waals surface area contributed by atoms with Crippen molar-refractivity contribution in [2.45, 2.75) is 36.6 Å². The van der Waals surface area contributed by atoms with E-state index in [2.05, 4.69) is 20.1 Å². The molecule has 1 aromatic rings. The largest absolute Gasteiger partial charge is 0.480 e. The second-order valence-corrected chi connectivity index (χ2v) is 10.2. The highest BCUT2D eigenvalue weighted by Gasteiger charge is 2.27. The lowest BCUT2D eigenvalue weighted by Crippen LogP contribution is -2.50. The first-order valence-corrected chi connectivity index (χ1v) is 13.3. The standard InChI is InChI=1S/C25H37N5O4S/c26-20-35-22-6-3-21(4-7-22)5-8-23(25(33)34)30-12-2-10-27-13-14-28(17-18-30)9-1-11-29(16-15-27)19-24(31)32/h3-4,6-7,23H,1-2,5,8-19H2,(H,31,32)(H,33,34). The highest BCUT2D eigenvalue weighted by Crippen LogP contribution is 2.19. The van der Waals surface area contributed by atoms with E-state index in [1.165, 1.54) is 0 Å². The molecule has 3 unspecified atom stereocenters. The molecule has 3 atom stereocenters. The van der Waals surface area contributed by atoms with Crippen LogP contribution in [0, 0.1) is 10.7 Å². The van der Waals surface area contributed by atoms with Gasteiger partial charge in [-0.1, -0.05) is 12.1 Å². The number of thioether (sulfide) groups is 1. The van der Waals surface area contributed by atoms with Crippen molar-refractivity contribution in [2.75, 3.05) is 72.0 Å². The van der Waals surface area contributed by atoms with Gasteiger partial charge in [-0.2, -0.15) is 5.26 Å². The van der Waals surface area contributed by atoms with Crippen LogP contribution in [0.4, 0.5) is 0 Å². The van der Waals surface area contributed by atoms with Gasteiger partial charge in [0, 0.05) is 57.3 Å². The third-order valence-electron chi connectivity index (χ3n) is 6.91. The van der Waals surface area contributed by atoms with E-state index in [1.807, 2.05) is 29.2 Å². The summed E-state index contributed by atoms with van der Waals surface area (Å²) in [5, 5.41) is 30.2. The number of carbonyl (C=O) groups is 2. The molecule has 9 nitrogen and oxygen atoms in total. The van der Waals surface area contributed by atoms with Crippen LogP contribution in [0.3, 0.4) is 0 Å². The average molecular weight is 504 g/mol. The summed E-state index contributed by atoms with van der Waals surface area (Å²) in [5.74, 6) is -1.55. The Hall–Kier alpha value is -2.16. The number of aryl methyl sites for hydroxylation is 1. The van der Waals surface area contributed by atoms with E-state index in [4.69, 9.17) is 5.26 Å². The van der Waals surface area contributed by atoms with Crippen LogP contribution in [0.1, 0.15) is 24.8 Å². The highest BCUT2D eigenvalue weighted by atomic mass is 32.2. The van der Waals surface area contributed by atoms with Gasteiger partial charge in [-0.3, -0.25) is 19.4 Å². The molecule has 192 valence electrons. The van der Waals surface area contributed by atoms with E-state index >= 15 is 0 Å². The smallest absolute Gasteiger partial charge is 0.320 e. The number of thiocyanates is 1. The third-order valence-corrected chi connectivity index (χ3v) is 7.51. The topological polar surface area (TPSA) is 111 Å². The van der Waals surface area contributed by atoms with E-state index in [0.29, 0.717) is 19.4 Å². The Bertz CT molecular complexity index is 862. The Kier molecular flexibility index (Phi) is 11.3. The summed E-state index contributed by atoms with van der Waals surface area (Å²) in [4.78, 5) is 33.3. The van der Waals surface area contributed by atoms with Gasteiger partial charge in [0.2, 0.25) is 0 Å². The summed E-state index contributed by atoms with van der Waals surface area (Å²) in [6.07, 6.45) is 3.03. The minimum Gasteiger partial charge on any atom is -0.480 e. The molecule has 0 aromatic heterocycles. The summed E-state index contributed by atoms with van der Waals surface area (Å²) in [6, 6.07) is 7.25. The molecule has 0 radical (unpaired) electrons. The van der Waals surface area contributed by atoms with Crippen molar-refractivity contribution in [3.63, 3.8) is 0 Å². The van der Waals surface area contributed by atoms with Crippen LogP contribution >= 0.6 is 11.8 Å². The molecule has 2 aliphatic heterocycles. The van der Waals surface area contributed by atoms with Gasteiger partial charge in [-0.25, -0.2) is 0 Å². The lowest BCUT2D eigenvalue weighted by molar-refractivity contribution is -0.144. The zero-order valence-corrected chi connectivity index (χ0v) is 21.2. The summed E-state index contributed by atoms with van der Waals surface area (Å²) in [6.45, 7) is 8.40. The van der Waals surface area contributed by atoms with Crippen molar-refractivity contribution >= 4 is 23.7 Å². The molecule has 0 aliphatic carbocycles. The van der Waals surface area contributed by atoms with Crippen LogP contribution in [-0.2, 0) is 16.0 Å². The van der Waals surface area contributed by atoms with E-state index < -0.39 is 18.0 Å². The SMILES string of the molecule is N#CSc1ccc(CCC(C(=O)O)N2CCCN3CCN(CCCN(CC(=O)O)CC3)CC2)cc1. The van der Waals surface area contributed by atoms with Crippen molar-refractivity contribution in [1.29, 1.82) is 5.26 Å². The van der Waals surface area contributed by atoms with E-state index in [-0.39, 0.29) is 6.54 Å². The van der Waals surface area contributed by atoms with Gasteiger partial charge < -0.3 is 20.0 Å². The van der Waals surface area contributed by atoms with Gasteiger partial charge in [0.15, 0.2) is 0 Å². The minimum absolute atomic E-state index is 0.0851. The van der Waals surface area contributed by atoms with Gasteiger partial charge in [0.1, 0.15) is 11.4 Å². The second kappa shape index (κ2) is 14.4. The molecule has 0 saturated carbocycles. The van der Waals surface area contributed by atoms with Crippen LogP contribution in [0.15, 0.2) is 29.2 Å².